The first-order valence-corrected chi connectivity index (χ1v) is 9.33. The average molecular weight is 375 g/mol. The van der Waals surface area contributed by atoms with E-state index in [-0.39, 0.29) is 5.91 Å². The van der Waals surface area contributed by atoms with Gasteiger partial charge in [-0.2, -0.15) is 0 Å². The van der Waals surface area contributed by atoms with Crippen LogP contribution >= 0.6 is 0 Å². The lowest BCUT2D eigenvalue weighted by Crippen LogP contribution is -2.17. The standard InChI is InChI=1S/C22H25N5O/c1-14(2)18-9-5-7-15(3)21(18)27-22(28)19-11-20(26-16(4)25-19)24-13-17-8-6-10-23-12-17/h5-12,14H,13H2,1-4H3,(H,27,28)(H,24,25,26). The Labute approximate surface area is 165 Å². The number of hydrogen-bond donors (Lipinski definition) is 2. The van der Waals surface area contributed by atoms with E-state index in [1.807, 2.05) is 37.3 Å². The molecule has 6 heteroatoms. The van der Waals surface area contributed by atoms with Crippen molar-refractivity contribution in [3.63, 3.8) is 0 Å². The van der Waals surface area contributed by atoms with Gasteiger partial charge < -0.3 is 10.6 Å². The molecule has 3 rings (SSSR count). The predicted octanol–water partition coefficient (Wildman–Crippen LogP) is 4.48. The highest BCUT2D eigenvalue weighted by Crippen LogP contribution is 2.27. The fraction of sp³-hybridized carbons (Fsp3) is 0.273. The van der Waals surface area contributed by atoms with E-state index in [1.54, 1.807) is 25.4 Å². The number of hydrogen-bond acceptors (Lipinski definition) is 5. The third kappa shape index (κ3) is 4.71. The number of para-hydroxylation sites is 1. The third-order valence-electron chi connectivity index (χ3n) is 4.43. The van der Waals surface area contributed by atoms with Crippen molar-refractivity contribution in [2.24, 2.45) is 0 Å². The summed E-state index contributed by atoms with van der Waals surface area (Å²) in [4.78, 5) is 25.7. The quantitative estimate of drug-likeness (QED) is 0.664. The van der Waals surface area contributed by atoms with Crippen LogP contribution in [0.5, 0.6) is 0 Å². The molecule has 1 aromatic carbocycles. The number of benzene rings is 1. The molecule has 2 aromatic heterocycles. The van der Waals surface area contributed by atoms with E-state index >= 15 is 0 Å². The Kier molecular flexibility index (Phi) is 5.99. The molecule has 0 aliphatic carbocycles. The summed E-state index contributed by atoms with van der Waals surface area (Å²) in [5.74, 6) is 1.20. The summed E-state index contributed by atoms with van der Waals surface area (Å²) < 4.78 is 0. The second kappa shape index (κ2) is 8.61. The molecule has 28 heavy (non-hydrogen) atoms. The molecular weight excluding hydrogens is 350 g/mol. The molecule has 0 saturated carbocycles. The largest absolute Gasteiger partial charge is 0.366 e. The first-order chi connectivity index (χ1) is 13.4. The zero-order valence-electron chi connectivity index (χ0n) is 16.7. The van der Waals surface area contributed by atoms with Crippen LogP contribution in [-0.4, -0.2) is 20.9 Å². The number of aromatic nitrogens is 3. The van der Waals surface area contributed by atoms with Crippen molar-refractivity contribution in [3.05, 3.63) is 77.0 Å². The molecule has 6 nitrogen and oxygen atoms in total. The number of rotatable bonds is 6. The number of anilines is 2. The van der Waals surface area contributed by atoms with E-state index in [0.717, 1.165) is 22.4 Å². The van der Waals surface area contributed by atoms with E-state index < -0.39 is 0 Å². The first-order valence-electron chi connectivity index (χ1n) is 9.33. The van der Waals surface area contributed by atoms with Gasteiger partial charge in [0.2, 0.25) is 0 Å². The summed E-state index contributed by atoms with van der Waals surface area (Å²) in [6.07, 6.45) is 3.53. The van der Waals surface area contributed by atoms with Crippen molar-refractivity contribution in [3.8, 4) is 0 Å². The van der Waals surface area contributed by atoms with E-state index in [4.69, 9.17) is 0 Å². The van der Waals surface area contributed by atoms with Gasteiger partial charge in [0.25, 0.3) is 5.91 Å². The maximum Gasteiger partial charge on any atom is 0.274 e. The minimum atomic E-state index is -0.244. The molecule has 0 bridgehead atoms. The minimum absolute atomic E-state index is 0.244. The third-order valence-corrected chi connectivity index (χ3v) is 4.43. The van der Waals surface area contributed by atoms with Gasteiger partial charge in [-0.1, -0.05) is 38.1 Å². The normalized spacial score (nSPS) is 10.8. The molecule has 0 atom stereocenters. The number of aryl methyl sites for hydroxylation is 2. The fourth-order valence-electron chi connectivity index (χ4n) is 2.99. The topological polar surface area (TPSA) is 79.8 Å². The lowest BCUT2D eigenvalue weighted by Gasteiger charge is -2.16. The Morgan fingerprint density at radius 1 is 1.11 bits per heavy atom. The van der Waals surface area contributed by atoms with Gasteiger partial charge in [0.15, 0.2) is 0 Å². The molecule has 0 radical (unpaired) electrons. The monoisotopic (exact) mass is 375 g/mol. The Bertz CT molecular complexity index is 970. The SMILES string of the molecule is Cc1nc(NCc2cccnc2)cc(C(=O)Nc2c(C)cccc2C(C)C)n1. The van der Waals surface area contributed by atoms with Crippen molar-refractivity contribution < 1.29 is 4.79 Å². The highest BCUT2D eigenvalue weighted by Gasteiger charge is 2.15. The fourth-order valence-corrected chi connectivity index (χ4v) is 2.99. The van der Waals surface area contributed by atoms with Crippen LogP contribution in [0.1, 0.15) is 52.8 Å². The molecule has 3 aromatic rings. The highest BCUT2D eigenvalue weighted by molar-refractivity contribution is 6.04. The van der Waals surface area contributed by atoms with Gasteiger partial charge in [-0.25, -0.2) is 9.97 Å². The molecule has 0 spiro atoms. The first kappa shape index (κ1) is 19.5. The Morgan fingerprint density at radius 2 is 1.93 bits per heavy atom. The highest BCUT2D eigenvalue weighted by atomic mass is 16.1. The molecule has 0 aliphatic rings. The van der Waals surface area contributed by atoms with Crippen molar-refractivity contribution in [2.75, 3.05) is 10.6 Å². The van der Waals surface area contributed by atoms with Crippen LogP contribution in [0.25, 0.3) is 0 Å². The molecule has 2 N–H and O–H groups in total. The predicted molar refractivity (Wildman–Crippen MR) is 112 cm³/mol. The average Bonchev–Trinajstić information content (AvgIpc) is 2.68. The zero-order valence-corrected chi connectivity index (χ0v) is 16.7. The molecule has 0 aliphatic heterocycles. The lowest BCUT2D eigenvalue weighted by molar-refractivity contribution is 0.102. The summed E-state index contributed by atoms with van der Waals surface area (Å²) in [5.41, 5.74) is 4.35. The van der Waals surface area contributed by atoms with Crippen LogP contribution in [0, 0.1) is 13.8 Å². The van der Waals surface area contributed by atoms with Gasteiger partial charge in [0.05, 0.1) is 0 Å². The van der Waals surface area contributed by atoms with Crippen molar-refractivity contribution >= 4 is 17.4 Å². The van der Waals surface area contributed by atoms with Crippen molar-refractivity contribution in [1.82, 2.24) is 15.0 Å². The number of carbonyl (C=O) groups is 1. The molecule has 1 amide bonds. The number of carbonyl (C=O) groups excluding carboxylic acids is 1. The van der Waals surface area contributed by atoms with Crippen molar-refractivity contribution in [1.29, 1.82) is 0 Å². The second-order valence-corrected chi connectivity index (χ2v) is 7.05. The Hall–Kier alpha value is -3.28. The molecule has 0 saturated heterocycles. The Balaban J connectivity index is 1.80. The summed E-state index contributed by atoms with van der Waals surface area (Å²) in [7, 11) is 0. The zero-order chi connectivity index (χ0) is 20.1. The van der Waals surface area contributed by atoms with Gasteiger partial charge in [-0.05, 0) is 42.5 Å². The van der Waals surface area contributed by atoms with E-state index in [0.29, 0.717) is 29.8 Å². The smallest absolute Gasteiger partial charge is 0.274 e. The maximum absolute atomic E-state index is 12.9. The van der Waals surface area contributed by atoms with Crippen LogP contribution in [-0.2, 0) is 6.54 Å². The van der Waals surface area contributed by atoms with Crippen LogP contribution in [0.15, 0.2) is 48.8 Å². The van der Waals surface area contributed by atoms with Crippen LogP contribution < -0.4 is 10.6 Å². The van der Waals surface area contributed by atoms with Gasteiger partial charge in [-0.15, -0.1) is 0 Å². The lowest BCUT2D eigenvalue weighted by atomic mass is 9.98. The molecule has 0 unspecified atom stereocenters. The van der Waals surface area contributed by atoms with Gasteiger partial charge in [0, 0.05) is 30.7 Å². The number of pyridine rings is 1. The minimum Gasteiger partial charge on any atom is -0.366 e. The van der Waals surface area contributed by atoms with Crippen molar-refractivity contribution in [2.45, 2.75) is 40.2 Å². The van der Waals surface area contributed by atoms with Gasteiger partial charge >= 0.3 is 0 Å². The van der Waals surface area contributed by atoms with Gasteiger partial charge in [-0.3, -0.25) is 9.78 Å². The van der Waals surface area contributed by atoms with E-state index in [1.165, 1.54) is 0 Å². The van der Waals surface area contributed by atoms with Crippen LogP contribution in [0.3, 0.4) is 0 Å². The molecule has 2 heterocycles. The van der Waals surface area contributed by atoms with E-state index in [9.17, 15) is 4.79 Å². The molecule has 144 valence electrons. The van der Waals surface area contributed by atoms with Gasteiger partial charge in [0.1, 0.15) is 17.3 Å². The second-order valence-electron chi connectivity index (χ2n) is 7.05. The summed E-state index contributed by atoms with van der Waals surface area (Å²) in [6.45, 7) is 8.56. The molecular formula is C22H25N5O. The molecule has 0 fully saturated rings. The summed E-state index contributed by atoms with van der Waals surface area (Å²) in [6, 6.07) is 11.6. The number of nitrogens with one attached hydrogen (secondary N) is 2. The van der Waals surface area contributed by atoms with E-state index in [2.05, 4.69) is 39.4 Å². The number of amides is 1. The van der Waals surface area contributed by atoms with Crippen LogP contribution in [0.4, 0.5) is 11.5 Å². The summed E-state index contributed by atoms with van der Waals surface area (Å²) in [5, 5.41) is 6.27. The maximum atomic E-state index is 12.9. The summed E-state index contributed by atoms with van der Waals surface area (Å²) >= 11 is 0. The number of nitrogens with zero attached hydrogens (tertiary/aromatic N) is 3. The Morgan fingerprint density at radius 3 is 2.64 bits per heavy atom. The van der Waals surface area contributed by atoms with Crippen LogP contribution in [0.2, 0.25) is 0 Å².